The van der Waals surface area contributed by atoms with E-state index in [2.05, 4.69) is 10.3 Å². The number of carbonyl (C=O) groups is 1. The Kier molecular flexibility index (Phi) is 4.81. The van der Waals surface area contributed by atoms with Crippen LogP contribution in [0.1, 0.15) is 26.3 Å². The van der Waals surface area contributed by atoms with E-state index in [9.17, 15) is 14.9 Å². The first-order chi connectivity index (χ1) is 12.7. The van der Waals surface area contributed by atoms with Crippen LogP contribution in [-0.2, 0) is 6.54 Å². The van der Waals surface area contributed by atoms with Crippen molar-refractivity contribution in [1.82, 2.24) is 14.9 Å². The van der Waals surface area contributed by atoms with E-state index in [0.29, 0.717) is 11.9 Å². The van der Waals surface area contributed by atoms with Crippen molar-refractivity contribution in [3.63, 3.8) is 0 Å². The Hall–Kier alpha value is -3.42. The van der Waals surface area contributed by atoms with Crippen LogP contribution in [0.25, 0.3) is 10.9 Å². The third kappa shape index (κ3) is 4.41. The molecule has 0 aliphatic carbocycles. The number of nitro groups is 1. The van der Waals surface area contributed by atoms with Gasteiger partial charge in [-0.25, -0.2) is 9.78 Å². The molecule has 1 N–H and O–H groups in total. The van der Waals surface area contributed by atoms with Crippen LogP contribution in [0.15, 0.2) is 48.8 Å². The molecular weight excluding hydrogens is 348 g/mol. The fourth-order valence-electron chi connectivity index (χ4n) is 2.73. The number of hydrogen-bond acceptors (Lipinski definition) is 5. The summed E-state index contributed by atoms with van der Waals surface area (Å²) in [6.45, 7) is 6.03. The topological polar surface area (TPSA) is 99.3 Å². The van der Waals surface area contributed by atoms with Crippen molar-refractivity contribution in [3.8, 4) is 5.88 Å². The van der Waals surface area contributed by atoms with Crippen molar-refractivity contribution < 1.29 is 14.5 Å². The molecule has 140 valence electrons. The van der Waals surface area contributed by atoms with Crippen molar-refractivity contribution in [2.75, 3.05) is 0 Å². The molecule has 0 unspecified atom stereocenters. The molecule has 1 aromatic carbocycles. The van der Waals surface area contributed by atoms with Crippen LogP contribution in [-0.4, -0.2) is 26.1 Å². The van der Waals surface area contributed by atoms with Gasteiger partial charge >= 0.3 is 6.09 Å². The molecule has 8 heteroatoms. The SMILES string of the molecule is CC(C)(C)NC(=O)Oc1cc(Cn2ccc3c([N+](=O)[O-])cccc32)ccn1. The fourth-order valence-corrected chi connectivity index (χ4v) is 2.73. The fraction of sp³-hybridized carbons (Fsp3) is 0.263. The van der Waals surface area contributed by atoms with Crippen LogP contribution in [0.4, 0.5) is 10.5 Å². The summed E-state index contributed by atoms with van der Waals surface area (Å²) >= 11 is 0. The third-order valence-corrected chi connectivity index (χ3v) is 3.81. The maximum atomic E-state index is 11.9. The van der Waals surface area contributed by atoms with Crippen LogP contribution >= 0.6 is 0 Å². The highest BCUT2D eigenvalue weighted by atomic mass is 16.6. The Morgan fingerprint density at radius 2 is 2.07 bits per heavy atom. The minimum atomic E-state index is -0.575. The normalized spacial score (nSPS) is 11.4. The number of carbonyl (C=O) groups excluding carboxylic acids is 1. The smallest absolute Gasteiger partial charge is 0.391 e. The zero-order valence-electron chi connectivity index (χ0n) is 15.3. The molecule has 0 aliphatic rings. The highest BCUT2D eigenvalue weighted by Crippen LogP contribution is 2.27. The van der Waals surface area contributed by atoms with Gasteiger partial charge in [-0.05, 0) is 44.5 Å². The number of pyridine rings is 1. The molecule has 0 fully saturated rings. The molecule has 8 nitrogen and oxygen atoms in total. The van der Waals surface area contributed by atoms with E-state index in [-0.39, 0.29) is 16.5 Å². The predicted octanol–water partition coefficient (Wildman–Crippen LogP) is 3.88. The first-order valence-electron chi connectivity index (χ1n) is 8.40. The summed E-state index contributed by atoms with van der Waals surface area (Å²) in [5.41, 5.74) is 1.28. The lowest BCUT2D eigenvalue weighted by Gasteiger charge is -2.19. The minimum absolute atomic E-state index is 0.0730. The van der Waals surface area contributed by atoms with Gasteiger partial charge in [0.1, 0.15) is 0 Å². The summed E-state index contributed by atoms with van der Waals surface area (Å²) in [6.07, 6.45) is 2.78. The molecule has 2 heterocycles. The molecule has 0 saturated carbocycles. The quantitative estimate of drug-likeness (QED) is 0.556. The number of aromatic nitrogens is 2. The maximum Gasteiger partial charge on any atom is 0.414 e. The van der Waals surface area contributed by atoms with E-state index in [1.165, 1.54) is 6.07 Å². The van der Waals surface area contributed by atoms with Crippen LogP contribution in [0.3, 0.4) is 0 Å². The first kappa shape index (κ1) is 18.4. The molecule has 2 aromatic heterocycles. The Bertz CT molecular complexity index is 1000. The Morgan fingerprint density at radius 1 is 1.30 bits per heavy atom. The zero-order chi connectivity index (χ0) is 19.6. The molecule has 3 aromatic rings. The molecule has 27 heavy (non-hydrogen) atoms. The molecule has 3 rings (SSSR count). The summed E-state index contributed by atoms with van der Waals surface area (Å²) in [5.74, 6) is 0.191. The number of ether oxygens (including phenoxy) is 1. The van der Waals surface area contributed by atoms with E-state index in [0.717, 1.165) is 11.1 Å². The van der Waals surface area contributed by atoms with Gasteiger partial charge in [-0.3, -0.25) is 10.1 Å². The van der Waals surface area contributed by atoms with Crippen molar-refractivity contribution in [2.24, 2.45) is 0 Å². The molecule has 0 saturated heterocycles. The Balaban J connectivity index is 1.81. The van der Waals surface area contributed by atoms with Gasteiger partial charge in [0, 0.05) is 36.6 Å². The van der Waals surface area contributed by atoms with Crippen LogP contribution in [0, 0.1) is 10.1 Å². The molecule has 0 spiro atoms. The summed E-state index contributed by atoms with van der Waals surface area (Å²) in [7, 11) is 0. The van der Waals surface area contributed by atoms with Crippen molar-refractivity contribution in [3.05, 3.63) is 64.5 Å². The van der Waals surface area contributed by atoms with E-state index in [4.69, 9.17) is 4.74 Å². The van der Waals surface area contributed by atoms with Gasteiger partial charge in [0.2, 0.25) is 5.88 Å². The third-order valence-electron chi connectivity index (χ3n) is 3.81. The number of nitrogens with zero attached hydrogens (tertiary/aromatic N) is 3. The van der Waals surface area contributed by atoms with Gasteiger partial charge in [0.15, 0.2) is 0 Å². The first-order valence-corrected chi connectivity index (χ1v) is 8.40. The van der Waals surface area contributed by atoms with E-state index >= 15 is 0 Å². The van der Waals surface area contributed by atoms with Gasteiger partial charge in [-0.1, -0.05) is 6.07 Å². The van der Waals surface area contributed by atoms with Crippen molar-refractivity contribution >= 4 is 22.7 Å². The molecule has 0 atom stereocenters. The molecular formula is C19H20N4O4. The summed E-state index contributed by atoms with van der Waals surface area (Å²) < 4.78 is 7.13. The van der Waals surface area contributed by atoms with E-state index in [1.54, 1.807) is 36.7 Å². The largest absolute Gasteiger partial charge is 0.414 e. The zero-order valence-corrected chi connectivity index (χ0v) is 15.3. The van der Waals surface area contributed by atoms with Gasteiger partial charge < -0.3 is 14.6 Å². The summed E-state index contributed by atoms with van der Waals surface area (Å²) in [5, 5.41) is 14.4. The van der Waals surface area contributed by atoms with Gasteiger partial charge in [0.25, 0.3) is 5.69 Å². The summed E-state index contributed by atoms with van der Waals surface area (Å²) in [4.78, 5) is 26.7. The highest BCUT2D eigenvalue weighted by Gasteiger charge is 2.16. The van der Waals surface area contributed by atoms with Crippen LogP contribution in [0.5, 0.6) is 5.88 Å². The number of rotatable bonds is 4. The molecule has 0 bridgehead atoms. The molecule has 0 radical (unpaired) electrons. The number of fused-ring (bicyclic) bond motifs is 1. The number of nitrogens with one attached hydrogen (secondary N) is 1. The predicted molar refractivity (Wildman–Crippen MR) is 101 cm³/mol. The van der Waals surface area contributed by atoms with Crippen molar-refractivity contribution in [1.29, 1.82) is 0 Å². The molecule has 1 amide bonds. The maximum absolute atomic E-state index is 11.9. The van der Waals surface area contributed by atoms with E-state index in [1.807, 2.05) is 31.4 Å². The van der Waals surface area contributed by atoms with Crippen molar-refractivity contribution in [2.45, 2.75) is 32.9 Å². The molecule has 0 aliphatic heterocycles. The lowest BCUT2D eigenvalue weighted by molar-refractivity contribution is -0.383. The number of nitro benzene ring substituents is 1. The van der Waals surface area contributed by atoms with Crippen LogP contribution < -0.4 is 10.1 Å². The Morgan fingerprint density at radius 3 is 2.78 bits per heavy atom. The highest BCUT2D eigenvalue weighted by molar-refractivity contribution is 5.89. The monoisotopic (exact) mass is 368 g/mol. The number of benzene rings is 1. The number of non-ortho nitro benzene ring substituents is 1. The minimum Gasteiger partial charge on any atom is -0.391 e. The number of hydrogen-bond donors (Lipinski definition) is 1. The summed E-state index contributed by atoms with van der Waals surface area (Å²) in [6, 6.07) is 10.2. The second-order valence-electron chi connectivity index (χ2n) is 7.18. The second-order valence-corrected chi connectivity index (χ2v) is 7.18. The van der Waals surface area contributed by atoms with Gasteiger partial charge in [-0.2, -0.15) is 0 Å². The standard InChI is InChI=1S/C19H20N4O4/c1-19(2,3)21-18(24)27-17-11-13(7-9-20-17)12-22-10-8-14-15(22)5-4-6-16(14)23(25)26/h4-11H,12H2,1-3H3,(H,21,24). The lowest BCUT2D eigenvalue weighted by Crippen LogP contribution is -2.42. The lowest BCUT2D eigenvalue weighted by atomic mass is 10.1. The second kappa shape index (κ2) is 7.06. The average molecular weight is 368 g/mol. The van der Waals surface area contributed by atoms with Gasteiger partial charge in [0.05, 0.1) is 15.8 Å². The average Bonchev–Trinajstić information content (AvgIpc) is 2.96. The Labute approximate surface area is 155 Å². The van der Waals surface area contributed by atoms with Crippen LogP contribution in [0.2, 0.25) is 0 Å². The van der Waals surface area contributed by atoms with E-state index < -0.39 is 11.6 Å². The number of amides is 1. The van der Waals surface area contributed by atoms with Gasteiger partial charge in [-0.15, -0.1) is 0 Å².